The topological polar surface area (TPSA) is 66.5 Å². The van der Waals surface area contributed by atoms with E-state index in [0.717, 1.165) is 24.9 Å². The number of aryl methyl sites for hydroxylation is 1. The molecule has 168 valence electrons. The predicted octanol–water partition coefficient (Wildman–Crippen LogP) is 5.52. The van der Waals surface area contributed by atoms with Gasteiger partial charge in [-0.1, -0.05) is 54.7 Å². The number of halogens is 2. The Morgan fingerprint density at radius 2 is 1.81 bits per heavy atom. The molecule has 0 spiro atoms. The van der Waals surface area contributed by atoms with Crippen molar-refractivity contribution in [2.24, 2.45) is 5.92 Å². The molecule has 5 nitrogen and oxygen atoms in total. The number of nitrogens with zero attached hydrogens (tertiary/aromatic N) is 1. The highest BCUT2D eigenvalue weighted by Gasteiger charge is 2.33. The molecule has 1 heterocycles. The lowest BCUT2D eigenvalue weighted by Gasteiger charge is -2.31. The molecule has 1 atom stereocenters. The summed E-state index contributed by atoms with van der Waals surface area (Å²) >= 11 is 12.3. The Hall–Kier alpha value is -1.60. The Kier molecular flexibility index (Phi) is 8.39. The van der Waals surface area contributed by atoms with Crippen LogP contribution in [0.15, 0.2) is 42.5 Å². The van der Waals surface area contributed by atoms with Crippen LogP contribution in [0, 0.1) is 5.92 Å². The fourth-order valence-corrected chi connectivity index (χ4v) is 6.10. The molecule has 0 saturated carbocycles. The zero-order chi connectivity index (χ0) is 22.4. The number of rotatable bonds is 8. The molecule has 1 aliphatic rings. The first-order chi connectivity index (χ1) is 14.8. The van der Waals surface area contributed by atoms with Gasteiger partial charge in [0.1, 0.15) is 0 Å². The number of sulfonamides is 1. The molecule has 0 aliphatic carbocycles. The third kappa shape index (κ3) is 6.45. The highest BCUT2D eigenvalue weighted by atomic mass is 35.5. The molecule has 0 radical (unpaired) electrons. The second kappa shape index (κ2) is 10.8. The zero-order valence-electron chi connectivity index (χ0n) is 17.6. The van der Waals surface area contributed by atoms with Gasteiger partial charge in [0.2, 0.25) is 15.9 Å². The van der Waals surface area contributed by atoms with Crippen LogP contribution in [0.2, 0.25) is 10.0 Å². The van der Waals surface area contributed by atoms with Crippen molar-refractivity contribution < 1.29 is 13.2 Å². The average Bonchev–Trinajstić information content (AvgIpc) is 2.76. The number of unbranched alkanes of at least 4 members (excludes halogenated alkanes) is 1. The van der Waals surface area contributed by atoms with E-state index in [-0.39, 0.29) is 18.2 Å². The molecule has 3 rings (SSSR count). The minimum Gasteiger partial charge on any atom is -0.326 e. The maximum Gasteiger partial charge on any atom is 0.228 e. The SMILES string of the molecule is CCCCc1ccc(NC(=O)C2CCCN(S(=O)(=O)Cc3c(Cl)cccc3Cl)C2)cc1. The molecule has 8 heteroatoms. The predicted molar refractivity (Wildman–Crippen MR) is 127 cm³/mol. The number of amides is 1. The van der Waals surface area contributed by atoms with Gasteiger partial charge < -0.3 is 5.32 Å². The lowest BCUT2D eigenvalue weighted by Crippen LogP contribution is -2.44. The zero-order valence-corrected chi connectivity index (χ0v) is 19.9. The van der Waals surface area contributed by atoms with E-state index in [2.05, 4.69) is 12.2 Å². The molecule has 1 amide bonds. The Morgan fingerprint density at radius 3 is 2.45 bits per heavy atom. The van der Waals surface area contributed by atoms with Crippen molar-refractivity contribution in [3.63, 3.8) is 0 Å². The molecule has 1 aliphatic heterocycles. The van der Waals surface area contributed by atoms with Crippen molar-refractivity contribution in [3.05, 3.63) is 63.6 Å². The summed E-state index contributed by atoms with van der Waals surface area (Å²) in [6.07, 6.45) is 4.58. The van der Waals surface area contributed by atoms with Crippen molar-refractivity contribution in [2.75, 3.05) is 18.4 Å². The van der Waals surface area contributed by atoms with Gasteiger partial charge in [-0.25, -0.2) is 12.7 Å². The first-order valence-electron chi connectivity index (χ1n) is 10.6. The fraction of sp³-hybridized carbons (Fsp3) is 0.435. The van der Waals surface area contributed by atoms with Crippen LogP contribution < -0.4 is 5.32 Å². The van der Waals surface area contributed by atoms with Gasteiger partial charge >= 0.3 is 0 Å². The summed E-state index contributed by atoms with van der Waals surface area (Å²) in [6.45, 7) is 2.70. The van der Waals surface area contributed by atoms with Crippen molar-refractivity contribution in [3.8, 4) is 0 Å². The quantitative estimate of drug-likeness (QED) is 0.538. The van der Waals surface area contributed by atoms with E-state index in [1.165, 1.54) is 9.87 Å². The average molecular weight is 483 g/mol. The molecule has 2 aromatic rings. The molecule has 1 saturated heterocycles. The van der Waals surface area contributed by atoms with Crippen LogP contribution in [0.1, 0.15) is 43.7 Å². The van der Waals surface area contributed by atoms with Gasteiger partial charge in [-0.05, 0) is 55.5 Å². The summed E-state index contributed by atoms with van der Waals surface area (Å²) in [7, 11) is -3.65. The maximum atomic E-state index is 13.0. The highest BCUT2D eigenvalue weighted by molar-refractivity contribution is 7.88. The van der Waals surface area contributed by atoms with Gasteiger partial charge in [0.25, 0.3) is 0 Å². The summed E-state index contributed by atoms with van der Waals surface area (Å²) in [6, 6.07) is 12.8. The van der Waals surface area contributed by atoms with E-state index < -0.39 is 15.9 Å². The van der Waals surface area contributed by atoms with Crippen molar-refractivity contribution in [2.45, 2.75) is 44.8 Å². The first-order valence-corrected chi connectivity index (χ1v) is 13.0. The highest BCUT2D eigenvalue weighted by Crippen LogP contribution is 2.29. The summed E-state index contributed by atoms with van der Waals surface area (Å²) in [5.74, 6) is -0.832. The van der Waals surface area contributed by atoms with Crippen molar-refractivity contribution in [1.82, 2.24) is 4.31 Å². The van der Waals surface area contributed by atoms with Crippen LogP contribution in [0.4, 0.5) is 5.69 Å². The summed E-state index contributed by atoms with van der Waals surface area (Å²) < 4.78 is 27.4. The number of benzene rings is 2. The molecular formula is C23H28Cl2N2O3S. The van der Waals surface area contributed by atoms with Crippen LogP contribution in [0.5, 0.6) is 0 Å². The van der Waals surface area contributed by atoms with Crippen LogP contribution in [0.3, 0.4) is 0 Å². The largest absolute Gasteiger partial charge is 0.326 e. The van der Waals surface area contributed by atoms with E-state index in [4.69, 9.17) is 23.2 Å². The lowest BCUT2D eigenvalue weighted by atomic mass is 9.98. The second-order valence-electron chi connectivity index (χ2n) is 7.94. The first kappa shape index (κ1) is 24.1. The molecule has 1 N–H and O–H groups in total. The number of hydrogen-bond donors (Lipinski definition) is 1. The van der Waals surface area contributed by atoms with Gasteiger partial charge in [0.15, 0.2) is 0 Å². The van der Waals surface area contributed by atoms with Crippen LogP contribution >= 0.6 is 23.2 Å². The van der Waals surface area contributed by atoms with Gasteiger partial charge in [-0.3, -0.25) is 4.79 Å². The monoisotopic (exact) mass is 482 g/mol. The molecule has 1 fully saturated rings. The van der Waals surface area contributed by atoms with Gasteiger partial charge in [0, 0.05) is 34.4 Å². The second-order valence-corrected chi connectivity index (χ2v) is 10.7. The van der Waals surface area contributed by atoms with E-state index in [0.29, 0.717) is 35.0 Å². The fourth-order valence-electron chi connectivity index (χ4n) is 3.73. The number of hydrogen-bond acceptors (Lipinski definition) is 3. The number of anilines is 1. The van der Waals surface area contributed by atoms with E-state index in [1.54, 1.807) is 18.2 Å². The molecule has 0 aromatic heterocycles. The number of piperidine rings is 1. The minimum absolute atomic E-state index is 0.156. The van der Waals surface area contributed by atoms with Gasteiger partial charge in [0.05, 0.1) is 11.7 Å². The van der Waals surface area contributed by atoms with Gasteiger partial charge in [-0.15, -0.1) is 0 Å². The summed E-state index contributed by atoms with van der Waals surface area (Å²) in [4.78, 5) is 12.8. The summed E-state index contributed by atoms with van der Waals surface area (Å²) in [5, 5.41) is 3.58. The Balaban J connectivity index is 1.63. The minimum atomic E-state index is -3.65. The maximum absolute atomic E-state index is 13.0. The standard InChI is InChI=1S/C23H28Cl2N2O3S/c1-2-3-6-17-10-12-19(13-11-17)26-23(28)18-7-5-14-27(15-18)31(29,30)16-20-21(24)8-4-9-22(20)25/h4,8-13,18H,2-3,5-7,14-16H2,1H3,(H,26,28). The number of nitrogens with one attached hydrogen (secondary N) is 1. The van der Waals surface area contributed by atoms with Crippen molar-refractivity contribution in [1.29, 1.82) is 0 Å². The third-order valence-corrected chi connectivity index (χ3v) is 8.06. The van der Waals surface area contributed by atoms with Crippen LogP contribution in [0.25, 0.3) is 0 Å². The van der Waals surface area contributed by atoms with E-state index >= 15 is 0 Å². The molecule has 2 aromatic carbocycles. The smallest absolute Gasteiger partial charge is 0.228 e. The van der Waals surface area contributed by atoms with E-state index in [9.17, 15) is 13.2 Å². The lowest BCUT2D eigenvalue weighted by molar-refractivity contribution is -0.120. The van der Waals surface area contributed by atoms with Crippen molar-refractivity contribution >= 4 is 44.8 Å². The van der Waals surface area contributed by atoms with Gasteiger partial charge in [-0.2, -0.15) is 0 Å². The number of carbonyl (C=O) groups excluding carboxylic acids is 1. The molecular weight excluding hydrogens is 455 g/mol. The third-order valence-electron chi connectivity index (χ3n) is 5.58. The molecule has 31 heavy (non-hydrogen) atoms. The Bertz CT molecular complexity index is 990. The van der Waals surface area contributed by atoms with Crippen LogP contribution in [-0.4, -0.2) is 31.7 Å². The molecule has 0 bridgehead atoms. The van der Waals surface area contributed by atoms with Crippen LogP contribution in [-0.2, 0) is 27.0 Å². The summed E-state index contributed by atoms with van der Waals surface area (Å²) in [5.41, 5.74) is 2.36. The number of carbonyl (C=O) groups is 1. The normalized spacial score (nSPS) is 17.5. The Morgan fingerprint density at radius 1 is 1.13 bits per heavy atom. The molecule has 1 unspecified atom stereocenters. The van der Waals surface area contributed by atoms with E-state index in [1.807, 2.05) is 24.3 Å². The Labute approximate surface area is 194 Å².